The summed E-state index contributed by atoms with van der Waals surface area (Å²) in [5, 5.41) is 10.2. The number of ether oxygens (including phenoxy) is 2. The number of nitrogens with zero attached hydrogens (tertiary/aromatic N) is 1. The molecule has 1 aromatic heterocycles. The van der Waals surface area contributed by atoms with Crippen molar-refractivity contribution in [3.8, 4) is 11.5 Å². The number of H-pyrrole nitrogens is 1. The number of benzene rings is 1. The molecule has 2 aromatic rings. The van der Waals surface area contributed by atoms with Crippen LogP contribution >= 0.6 is 19.9 Å². The fourth-order valence-corrected chi connectivity index (χ4v) is 5.32. The van der Waals surface area contributed by atoms with Gasteiger partial charge in [-0.05, 0) is 32.4 Å². The third-order valence-electron chi connectivity index (χ3n) is 5.09. The van der Waals surface area contributed by atoms with Gasteiger partial charge in [-0.2, -0.15) is 0 Å². The van der Waals surface area contributed by atoms with Crippen molar-refractivity contribution in [2.45, 2.75) is 50.9 Å². The molecule has 3 unspecified atom stereocenters. The molecule has 33 heavy (non-hydrogen) atoms. The van der Waals surface area contributed by atoms with Crippen LogP contribution in [0.5, 0.6) is 11.5 Å². The fraction of sp³-hybridized carbons (Fsp3) is 0.500. The van der Waals surface area contributed by atoms with E-state index in [2.05, 4.69) is 4.98 Å². The first kappa shape index (κ1) is 25.7. The SMILES string of the molecule is CC(C)O[PH](=O)OCC1O[C@@H](n2ccc(=O)[nH]c2=O)C(CC[SiH3])[C@@H]1Oc1cc(O)ccc1Cl. The molecule has 182 valence electrons. The van der Waals surface area contributed by atoms with Crippen molar-refractivity contribution in [3.05, 3.63) is 56.3 Å². The molecule has 1 saturated heterocycles. The van der Waals surface area contributed by atoms with Gasteiger partial charge in [0.25, 0.3) is 5.56 Å². The number of aromatic nitrogens is 2. The molecule has 2 N–H and O–H groups in total. The number of phenols is 1. The van der Waals surface area contributed by atoms with Crippen molar-refractivity contribution >= 4 is 30.1 Å². The van der Waals surface area contributed by atoms with Crippen molar-refractivity contribution in [3.63, 3.8) is 0 Å². The van der Waals surface area contributed by atoms with Gasteiger partial charge in [0.1, 0.15) is 29.9 Å². The quantitative estimate of drug-likeness (QED) is 0.360. The van der Waals surface area contributed by atoms with Crippen LogP contribution in [0.25, 0.3) is 0 Å². The summed E-state index contributed by atoms with van der Waals surface area (Å²) in [6.07, 6.45) is -0.364. The molecule has 13 heteroatoms. The summed E-state index contributed by atoms with van der Waals surface area (Å²) >= 11 is 6.27. The van der Waals surface area contributed by atoms with E-state index in [1.165, 1.54) is 35.0 Å². The van der Waals surface area contributed by atoms with Gasteiger partial charge < -0.3 is 23.6 Å². The molecule has 2 heterocycles. The molecule has 10 nitrogen and oxygen atoms in total. The molecule has 0 radical (unpaired) electrons. The molecule has 1 aliphatic rings. The first-order chi connectivity index (χ1) is 15.7. The number of aromatic hydroxyl groups is 1. The molecule has 0 aliphatic carbocycles. The predicted octanol–water partition coefficient (Wildman–Crippen LogP) is 1.86. The van der Waals surface area contributed by atoms with Gasteiger partial charge >= 0.3 is 13.9 Å². The van der Waals surface area contributed by atoms with Gasteiger partial charge in [0.15, 0.2) is 0 Å². The lowest BCUT2D eigenvalue weighted by molar-refractivity contribution is -0.0423. The second kappa shape index (κ2) is 11.5. The Balaban J connectivity index is 1.94. The van der Waals surface area contributed by atoms with Crippen LogP contribution in [0.15, 0.2) is 40.1 Å². The Morgan fingerprint density at radius 3 is 2.76 bits per heavy atom. The first-order valence-corrected chi connectivity index (χ1v) is 13.7. The maximum absolute atomic E-state index is 12.5. The Hall–Kier alpha value is -1.88. The first-order valence-electron chi connectivity index (χ1n) is 10.6. The van der Waals surface area contributed by atoms with Crippen LogP contribution in [0.2, 0.25) is 11.1 Å². The molecule has 3 rings (SSSR count). The second-order valence-corrected chi connectivity index (χ2v) is 10.4. The van der Waals surface area contributed by atoms with Gasteiger partial charge in [0.05, 0.1) is 17.7 Å². The zero-order valence-electron chi connectivity index (χ0n) is 18.5. The van der Waals surface area contributed by atoms with E-state index in [1.54, 1.807) is 13.8 Å². The zero-order valence-corrected chi connectivity index (χ0v) is 22.3. The van der Waals surface area contributed by atoms with Crippen molar-refractivity contribution < 1.29 is 28.2 Å². The Kier molecular flexibility index (Phi) is 8.97. The number of aromatic amines is 1. The van der Waals surface area contributed by atoms with Crippen LogP contribution < -0.4 is 16.0 Å². The van der Waals surface area contributed by atoms with Gasteiger partial charge in [-0.25, -0.2) is 4.79 Å². The van der Waals surface area contributed by atoms with E-state index in [9.17, 15) is 19.3 Å². The molecule has 1 fully saturated rings. The molecular formula is C20H28ClN2O8PSi. The van der Waals surface area contributed by atoms with E-state index in [-0.39, 0.29) is 30.1 Å². The standard InChI is InChI=1S/C20H28ClN2O8PSi/c1-11(2)31-32(27)28-10-16-18(29-15-9-12(24)3-4-14(15)21)13(6-8-33)19(30-16)23-7-5-17(25)22-20(23)26/h3-5,7,9,11,13,16,18-19,24,32H,6,8,10H2,1-2,33H3,(H,22,25,26)/t13?,16?,18-,19+/m0/s1. The summed E-state index contributed by atoms with van der Waals surface area (Å²) in [6.45, 7) is 3.37. The Bertz CT molecular complexity index is 1090. The van der Waals surface area contributed by atoms with Crippen LogP contribution in [0.1, 0.15) is 26.5 Å². The largest absolute Gasteiger partial charge is 0.508 e. The van der Waals surface area contributed by atoms with Crippen LogP contribution in [-0.2, 0) is 18.3 Å². The molecule has 0 saturated carbocycles. The highest BCUT2D eigenvalue weighted by atomic mass is 35.5. The monoisotopic (exact) mass is 518 g/mol. The van der Waals surface area contributed by atoms with Crippen LogP contribution in [0.4, 0.5) is 0 Å². The fourth-order valence-electron chi connectivity index (χ4n) is 3.74. The Labute approximate surface area is 199 Å². The summed E-state index contributed by atoms with van der Waals surface area (Å²) in [6, 6.07) is 6.46. The highest BCUT2D eigenvalue weighted by molar-refractivity contribution is 7.33. The third kappa shape index (κ3) is 6.59. The van der Waals surface area contributed by atoms with Crippen molar-refractivity contribution in [1.29, 1.82) is 0 Å². The lowest BCUT2D eigenvalue weighted by Crippen LogP contribution is -2.37. The second-order valence-electron chi connectivity index (χ2n) is 7.96. The normalized spacial score (nSPS) is 23.8. The highest BCUT2D eigenvalue weighted by Crippen LogP contribution is 2.42. The molecular weight excluding hydrogens is 491 g/mol. The maximum Gasteiger partial charge on any atom is 0.330 e. The van der Waals surface area contributed by atoms with Crippen LogP contribution in [0.3, 0.4) is 0 Å². The highest BCUT2D eigenvalue weighted by Gasteiger charge is 2.47. The Morgan fingerprint density at radius 2 is 2.09 bits per heavy atom. The van der Waals surface area contributed by atoms with E-state index < -0.39 is 37.9 Å². The van der Waals surface area contributed by atoms with Gasteiger partial charge in [0.2, 0.25) is 0 Å². The predicted molar refractivity (Wildman–Crippen MR) is 127 cm³/mol. The average Bonchev–Trinajstić information content (AvgIpc) is 3.06. The van der Waals surface area contributed by atoms with E-state index in [4.69, 9.17) is 30.1 Å². The lowest BCUT2D eigenvalue weighted by Gasteiger charge is -2.26. The molecule has 5 atom stereocenters. The van der Waals surface area contributed by atoms with Crippen molar-refractivity contribution in [2.24, 2.45) is 5.92 Å². The molecule has 1 aromatic carbocycles. The molecule has 0 amide bonds. The number of phenolic OH excluding ortho intramolecular Hbond substituents is 1. The molecule has 0 spiro atoms. The van der Waals surface area contributed by atoms with E-state index in [0.717, 1.165) is 16.3 Å². The van der Waals surface area contributed by atoms with Gasteiger partial charge in [0, 0.05) is 34.5 Å². The summed E-state index contributed by atoms with van der Waals surface area (Å²) in [5.41, 5.74) is -1.13. The van der Waals surface area contributed by atoms with E-state index >= 15 is 0 Å². The lowest BCUT2D eigenvalue weighted by atomic mass is 9.96. The average molecular weight is 519 g/mol. The topological polar surface area (TPSA) is 129 Å². The molecule has 1 aliphatic heterocycles. The maximum atomic E-state index is 12.5. The Morgan fingerprint density at radius 1 is 1.33 bits per heavy atom. The minimum Gasteiger partial charge on any atom is -0.508 e. The van der Waals surface area contributed by atoms with Crippen molar-refractivity contribution in [1.82, 2.24) is 9.55 Å². The van der Waals surface area contributed by atoms with Crippen molar-refractivity contribution in [2.75, 3.05) is 6.61 Å². The smallest absolute Gasteiger partial charge is 0.330 e. The minimum absolute atomic E-state index is 0.0237. The number of hydrogen-bond donors (Lipinski definition) is 2. The summed E-state index contributed by atoms with van der Waals surface area (Å²) in [5.74, 6) is -0.0926. The zero-order chi connectivity index (χ0) is 24.1. The minimum atomic E-state index is -2.77. The number of hydrogen-bond acceptors (Lipinski definition) is 8. The van der Waals surface area contributed by atoms with E-state index in [0.29, 0.717) is 11.4 Å². The number of halogens is 1. The number of rotatable bonds is 10. The van der Waals surface area contributed by atoms with Crippen LogP contribution in [-0.4, -0.2) is 49.8 Å². The van der Waals surface area contributed by atoms with Gasteiger partial charge in [-0.15, -0.1) is 0 Å². The van der Waals surface area contributed by atoms with Gasteiger partial charge in [-0.1, -0.05) is 17.6 Å². The molecule has 0 bridgehead atoms. The summed E-state index contributed by atoms with van der Waals surface area (Å²) in [4.78, 5) is 26.3. The van der Waals surface area contributed by atoms with Crippen LogP contribution in [0, 0.1) is 5.92 Å². The third-order valence-corrected chi connectivity index (χ3v) is 7.05. The van der Waals surface area contributed by atoms with E-state index in [1.807, 2.05) is 0 Å². The summed E-state index contributed by atoms with van der Waals surface area (Å²) in [7, 11) is -1.86. The summed E-state index contributed by atoms with van der Waals surface area (Å²) < 4.78 is 36.4. The van der Waals surface area contributed by atoms with Gasteiger partial charge in [-0.3, -0.25) is 18.9 Å². The number of nitrogens with one attached hydrogen (secondary N) is 1.